The van der Waals surface area contributed by atoms with Crippen LogP contribution < -0.4 is 0 Å². The smallest absolute Gasteiger partial charge is 0.305 e. The summed E-state index contributed by atoms with van der Waals surface area (Å²) in [4.78, 5) is 13.3. The van der Waals surface area contributed by atoms with Crippen molar-refractivity contribution in [2.45, 2.75) is 65.0 Å². The Balaban J connectivity index is 0.00000765. The number of rotatable bonds is 14. The Labute approximate surface area is 414 Å². The van der Waals surface area contributed by atoms with E-state index in [1.807, 2.05) is 99.6 Å². The Kier molecular flexibility index (Phi) is 10.4. The molecule has 0 radical (unpaired) electrons. The molecule has 9 aromatic rings. The Morgan fingerprint density at radius 1 is 0.492 bits per heavy atom. The summed E-state index contributed by atoms with van der Waals surface area (Å²) in [5.41, 5.74) is 8.18. The van der Waals surface area contributed by atoms with Gasteiger partial charge < -0.3 is 15.0 Å². The van der Waals surface area contributed by atoms with E-state index in [2.05, 4.69) is 33.2 Å². The zero-order valence-electron chi connectivity index (χ0n) is 47.2. The number of benzene rings is 6. The van der Waals surface area contributed by atoms with Crippen LogP contribution in [-0.2, 0) is 57.4 Å². The maximum atomic E-state index is 9.52. The van der Waals surface area contributed by atoms with Crippen LogP contribution in [0, 0.1) is 32.0 Å². The minimum atomic E-state index is -2.78. The molecule has 0 fully saturated rings. The molecule has 0 bridgehead atoms. The summed E-state index contributed by atoms with van der Waals surface area (Å²) in [7, 11) is 0. The molecule has 3 nitrogen and oxygen atoms in total. The van der Waals surface area contributed by atoms with Gasteiger partial charge in [-0.15, -0.1) is 106 Å². The van der Waals surface area contributed by atoms with Crippen LogP contribution >= 0.6 is 0 Å². The van der Waals surface area contributed by atoms with Crippen LogP contribution in [-0.4, -0.2) is 15.0 Å². The third-order valence-electron chi connectivity index (χ3n) is 11.2. The number of aromatic nitrogens is 3. The monoisotopic (exact) mass is 1030 g/mol. The van der Waals surface area contributed by atoms with Crippen molar-refractivity contribution in [1.82, 2.24) is 15.0 Å². The SMILES string of the molecule is [2H]C([2H])([2H])c1cnc(-c2[c-]cc(C(C)(C)Cc3cc(C([2H])([2H])C([2H])([2H])c4c[c-]c(-c5ccccn5)cc4)cc(C([2H])([2H])C([2H])([2H])c4c[c-]c(-c5ccccn5)cc4)c3)cc2)cc1-c1ccc(-c2ccccc2)cc1C.[Ir+3]. The molecule has 0 saturated carbocycles. The van der Waals surface area contributed by atoms with Crippen LogP contribution in [0.2, 0.25) is 0 Å². The van der Waals surface area contributed by atoms with Crippen molar-refractivity contribution < 1.29 is 35.2 Å². The molecule has 0 unspecified atom stereocenters. The van der Waals surface area contributed by atoms with Crippen molar-refractivity contribution in [3.8, 4) is 56.0 Å². The van der Waals surface area contributed by atoms with E-state index in [0.29, 0.717) is 44.9 Å². The first kappa shape index (κ1) is 33.0. The van der Waals surface area contributed by atoms with Gasteiger partial charge in [-0.3, -0.25) is 0 Å². The number of hydrogen-bond donors (Lipinski definition) is 0. The first-order valence-electron chi connectivity index (χ1n) is 26.7. The zero-order valence-corrected chi connectivity index (χ0v) is 38.6. The van der Waals surface area contributed by atoms with Crippen LogP contribution in [0.15, 0.2) is 182 Å². The quantitative estimate of drug-likeness (QED) is 0.102. The predicted octanol–water partition coefficient (Wildman–Crippen LogP) is 14.3. The van der Waals surface area contributed by atoms with Crippen molar-refractivity contribution in [3.05, 3.63) is 245 Å². The molecule has 0 aliphatic heterocycles. The minimum Gasteiger partial charge on any atom is -0.305 e. The van der Waals surface area contributed by atoms with Crippen LogP contribution in [0.4, 0.5) is 0 Å². The van der Waals surface area contributed by atoms with Gasteiger partial charge >= 0.3 is 20.1 Å². The topological polar surface area (TPSA) is 38.7 Å². The summed E-state index contributed by atoms with van der Waals surface area (Å²) < 4.78 is 101. The van der Waals surface area contributed by atoms with E-state index >= 15 is 0 Å². The minimum absolute atomic E-state index is 0. The molecule has 65 heavy (non-hydrogen) atoms. The molecule has 3 heterocycles. The molecule has 0 saturated heterocycles. The molecule has 0 N–H and O–H groups in total. The molecule has 0 atom stereocenters. The van der Waals surface area contributed by atoms with Gasteiger partial charge in [-0.1, -0.05) is 124 Å². The molecular formula is C61H52IrN3. The van der Waals surface area contributed by atoms with E-state index < -0.39 is 37.8 Å². The van der Waals surface area contributed by atoms with Crippen LogP contribution in [0.1, 0.15) is 73.4 Å². The summed E-state index contributed by atoms with van der Waals surface area (Å²) in [6.07, 6.45) is -6.02. The maximum absolute atomic E-state index is 9.52. The number of nitrogens with zero attached hydrogens (tertiary/aromatic N) is 3. The van der Waals surface area contributed by atoms with Crippen LogP contribution in [0.3, 0.4) is 0 Å². The third-order valence-corrected chi connectivity index (χ3v) is 11.2. The normalized spacial score (nSPS) is 14.8. The fourth-order valence-electron chi connectivity index (χ4n) is 7.81. The van der Waals surface area contributed by atoms with Crippen molar-refractivity contribution in [3.63, 3.8) is 0 Å². The van der Waals surface area contributed by atoms with Crippen molar-refractivity contribution in [2.75, 3.05) is 0 Å². The predicted molar refractivity (Wildman–Crippen MR) is 264 cm³/mol. The van der Waals surface area contributed by atoms with E-state index in [1.54, 1.807) is 67.0 Å². The van der Waals surface area contributed by atoms with Crippen molar-refractivity contribution >= 4 is 0 Å². The van der Waals surface area contributed by atoms with Crippen molar-refractivity contribution in [2.24, 2.45) is 0 Å². The van der Waals surface area contributed by atoms with E-state index in [-0.39, 0.29) is 54.3 Å². The molecule has 0 amide bonds. The van der Waals surface area contributed by atoms with E-state index in [4.69, 9.17) is 4.11 Å². The van der Waals surface area contributed by atoms with Gasteiger partial charge in [0.25, 0.3) is 0 Å². The first-order valence-corrected chi connectivity index (χ1v) is 21.2. The van der Waals surface area contributed by atoms with Gasteiger partial charge in [0, 0.05) is 33.7 Å². The largest absolute Gasteiger partial charge is 3.00 e. The zero-order chi connectivity index (χ0) is 53.6. The number of aryl methyl sites for hydroxylation is 6. The van der Waals surface area contributed by atoms with E-state index in [1.165, 1.54) is 36.5 Å². The molecule has 320 valence electrons. The molecular weight excluding hydrogens is 967 g/mol. The van der Waals surface area contributed by atoms with Gasteiger partial charge in [0.1, 0.15) is 0 Å². The number of hydrogen-bond acceptors (Lipinski definition) is 3. The second-order valence-corrected chi connectivity index (χ2v) is 16.4. The van der Waals surface area contributed by atoms with Gasteiger partial charge in [0.2, 0.25) is 0 Å². The Morgan fingerprint density at radius 2 is 1.06 bits per heavy atom. The summed E-state index contributed by atoms with van der Waals surface area (Å²) in [5, 5.41) is 0. The molecule has 6 aromatic carbocycles. The standard InChI is InChI=1S/C61H52N3.Ir/c1-43-36-54(50-12-6-5-7-13-50)30-33-56(43)57-40-60(64-42-44(57)2)53-28-31-55(32-29-53)61(3,4)41-49-38-47(18-16-45-20-24-51(25-21-45)58-14-8-10-34-62-58)37-48(39-49)19-17-46-22-26-52(27-23-46)59-15-9-11-35-63-59;/h5-15,20-24,26,28,30-40,42H,16-19,41H2,1-4H3;/q-3;+3/i2D3,16D2,17D2,18D2,19D2;. The number of pyridine rings is 3. The first-order chi connectivity index (χ1) is 35.5. The molecule has 3 aromatic heterocycles. The Hall–Kier alpha value is -6.58. The molecule has 0 spiro atoms. The van der Waals surface area contributed by atoms with Gasteiger partial charge in [-0.2, -0.15) is 0 Å². The second kappa shape index (κ2) is 20.5. The average Bonchev–Trinajstić information content (AvgIpc) is 3.43. The fraction of sp³-hybridized carbons (Fsp3) is 0.164. The summed E-state index contributed by atoms with van der Waals surface area (Å²) in [5.74, 6) is 0. The second-order valence-electron chi connectivity index (χ2n) is 16.4. The van der Waals surface area contributed by atoms with Gasteiger partial charge in [0.15, 0.2) is 0 Å². The third kappa shape index (κ3) is 11.0. The van der Waals surface area contributed by atoms with E-state index in [9.17, 15) is 11.0 Å². The van der Waals surface area contributed by atoms with Gasteiger partial charge in [-0.25, -0.2) is 0 Å². The molecule has 4 heteroatoms. The Morgan fingerprint density at radius 3 is 1.60 bits per heavy atom. The van der Waals surface area contributed by atoms with Crippen LogP contribution in [0.25, 0.3) is 56.0 Å². The molecule has 9 rings (SSSR count). The summed E-state index contributed by atoms with van der Waals surface area (Å²) >= 11 is 0. The maximum Gasteiger partial charge on any atom is 3.00 e. The fourth-order valence-corrected chi connectivity index (χ4v) is 7.81. The average molecular weight is 1030 g/mol. The van der Waals surface area contributed by atoms with Gasteiger partial charge in [0.05, 0.1) is 0 Å². The van der Waals surface area contributed by atoms with E-state index in [0.717, 1.165) is 27.8 Å². The molecule has 0 aliphatic carbocycles. The van der Waals surface area contributed by atoms with Gasteiger partial charge in [-0.05, 0) is 118 Å². The Bertz CT molecular complexity index is 3340. The van der Waals surface area contributed by atoms with Crippen molar-refractivity contribution in [1.29, 1.82) is 0 Å². The van der Waals surface area contributed by atoms with Crippen LogP contribution in [0.5, 0.6) is 0 Å². The summed E-state index contributed by atoms with van der Waals surface area (Å²) in [6.45, 7) is 3.49. The molecule has 0 aliphatic rings. The summed E-state index contributed by atoms with van der Waals surface area (Å²) in [6, 6.07) is 57.0.